The van der Waals surface area contributed by atoms with Crippen molar-refractivity contribution in [2.45, 2.75) is 26.4 Å². The minimum absolute atomic E-state index is 0.0340. The average Bonchev–Trinajstić information content (AvgIpc) is 2.14. The van der Waals surface area contributed by atoms with Crippen molar-refractivity contribution in [1.82, 2.24) is 0 Å². The lowest BCUT2D eigenvalue weighted by atomic mass is 10.1. The first-order valence-electron chi connectivity index (χ1n) is 4.80. The Kier molecular flexibility index (Phi) is 3.80. The van der Waals surface area contributed by atoms with Crippen LogP contribution in [0.2, 0.25) is 0 Å². The van der Waals surface area contributed by atoms with Crippen molar-refractivity contribution < 1.29 is 9.94 Å². The molecule has 4 nitrogen and oxygen atoms in total. The Morgan fingerprint density at radius 3 is 2.56 bits per heavy atom. The van der Waals surface area contributed by atoms with Crippen LogP contribution in [0.25, 0.3) is 0 Å². The number of hydrogen-bond donors (Lipinski definition) is 2. The van der Waals surface area contributed by atoms with Crippen LogP contribution in [0.4, 0.5) is 0 Å². The van der Waals surface area contributed by atoms with Crippen molar-refractivity contribution in [3.8, 4) is 5.75 Å². The summed E-state index contributed by atoms with van der Waals surface area (Å²) in [4.78, 5) is 0. The highest BCUT2D eigenvalue weighted by atomic mass is 79.9. The van der Waals surface area contributed by atoms with Crippen LogP contribution in [-0.2, 0) is 0 Å². The fourth-order valence-corrected chi connectivity index (χ4v) is 1.52. The standard InChI is InChI=1S/C11H15BrN2O2/c1-11(2,3)16-9-6-7(12)4-5-8(9)10(13)14-15/h4-6,15H,1-3H3,(H2,13,14). The highest BCUT2D eigenvalue weighted by Gasteiger charge is 2.16. The summed E-state index contributed by atoms with van der Waals surface area (Å²) < 4.78 is 6.61. The summed E-state index contributed by atoms with van der Waals surface area (Å²) in [6, 6.07) is 5.34. The highest BCUT2D eigenvalue weighted by Crippen LogP contribution is 2.27. The molecule has 0 bridgehead atoms. The monoisotopic (exact) mass is 286 g/mol. The zero-order valence-corrected chi connectivity index (χ0v) is 11.1. The molecule has 3 N–H and O–H groups in total. The third-order valence-electron chi connectivity index (χ3n) is 1.74. The van der Waals surface area contributed by atoms with E-state index in [0.29, 0.717) is 11.3 Å². The summed E-state index contributed by atoms with van der Waals surface area (Å²) in [5, 5.41) is 11.7. The minimum atomic E-state index is -0.342. The molecule has 0 unspecified atom stereocenters. The Morgan fingerprint density at radius 1 is 1.44 bits per heavy atom. The van der Waals surface area contributed by atoms with Crippen molar-refractivity contribution >= 4 is 21.8 Å². The molecular weight excluding hydrogens is 272 g/mol. The number of rotatable bonds is 2. The predicted octanol–water partition coefficient (Wildman–Crippen LogP) is 2.72. The summed E-state index contributed by atoms with van der Waals surface area (Å²) in [6.07, 6.45) is 0. The average molecular weight is 287 g/mol. The zero-order valence-electron chi connectivity index (χ0n) is 9.49. The number of nitrogens with zero attached hydrogens (tertiary/aromatic N) is 1. The van der Waals surface area contributed by atoms with Crippen LogP contribution in [0.3, 0.4) is 0 Å². The third kappa shape index (κ3) is 3.41. The van der Waals surface area contributed by atoms with Gasteiger partial charge in [0.2, 0.25) is 0 Å². The molecule has 1 aromatic carbocycles. The van der Waals surface area contributed by atoms with Gasteiger partial charge in [0, 0.05) is 4.47 Å². The molecule has 0 spiro atoms. The van der Waals surface area contributed by atoms with Crippen LogP contribution in [0, 0.1) is 0 Å². The van der Waals surface area contributed by atoms with E-state index in [1.54, 1.807) is 12.1 Å². The van der Waals surface area contributed by atoms with E-state index >= 15 is 0 Å². The fraction of sp³-hybridized carbons (Fsp3) is 0.364. The van der Waals surface area contributed by atoms with Crippen LogP contribution < -0.4 is 10.5 Å². The molecule has 0 fully saturated rings. The van der Waals surface area contributed by atoms with Crippen molar-refractivity contribution in [2.75, 3.05) is 0 Å². The zero-order chi connectivity index (χ0) is 12.3. The molecule has 0 aliphatic rings. The van der Waals surface area contributed by atoms with E-state index in [-0.39, 0.29) is 11.4 Å². The second-order valence-electron chi connectivity index (χ2n) is 4.34. The van der Waals surface area contributed by atoms with Gasteiger partial charge in [-0.3, -0.25) is 0 Å². The molecule has 0 radical (unpaired) electrons. The fourth-order valence-electron chi connectivity index (χ4n) is 1.18. The van der Waals surface area contributed by atoms with E-state index < -0.39 is 0 Å². The first kappa shape index (κ1) is 12.8. The normalized spacial score (nSPS) is 12.6. The summed E-state index contributed by atoms with van der Waals surface area (Å²) >= 11 is 3.35. The number of amidine groups is 1. The van der Waals surface area contributed by atoms with E-state index in [0.717, 1.165) is 4.47 Å². The summed E-state index contributed by atoms with van der Waals surface area (Å²) in [6.45, 7) is 5.80. The van der Waals surface area contributed by atoms with Gasteiger partial charge in [-0.2, -0.15) is 0 Å². The molecule has 0 saturated heterocycles. The maximum absolute atomic E-state index is 8.68. The van der Waals surface area contributed by atoms with Gasteiger partial charge in [-0.25, -0.2) is 0 Å². The van der Waals surface area contributed by atoms with Crippen molar-refractivity contribution in [3.05, 3.63) is 28.2 Å². The molecule has 0 amide bonds. The molecule has 0 heterocycles. The maximum atomic E-state index is 8.68. The summed E-state index contributed by atoms with van der Waals surface area (Å²) in [7, 11) is 0. The molecule has 5 heteroatoms. The first-order chi connectivity index (χ1) is 7.33. The smallest absolute Gasteiger partial charge is 0.173 e. The summed E-state index contributed by atoms with van der Waals surface area (Å²) in [5.41, 5.74) is 5.80. The molecule has 16 heavy (non-hydrogen) atoms. The molecule has 1 aromatic rings. The summed E-state index contributed by atoms with van der Waals surface area (Å²) in [5.74, 6) is 0.615. The van der Waals surface area contributed by atoms with Crippen molar-refractivity contribution in [2.24, 2.45) is 10.9 Å². The van der Waals surface area contributed by atoms with Gasteiger partial charge in [0.15, 0.2) is 5.84 Å². The number of ether oxygens (including phenoxy) is 1. The number of halogens is 1. The van der Waals surface area contributed by atoms with Gasteiger partial charge in [-0.15, -0.1) is 0 Å². The second kappa shape index (κ2) is 4.74. The number of oxime groups is 1. The Labute approximate surface area is 103 Å². The van der Waals surface area contributed by atoms with Gasteiger partial charge >= 0.3 is 0 Å². The predicted molar refractivity (Wildman–Crippen MR) is 67.0 cm³/mol. The molecule has 1 rings (SSSR count). The molecule has 0 aromatic heterocycles. The van der Waals surface area contributed by atoms with Crippen LogP contribution in [0.5, 0.6) is 5.75 Å². The van der Waals surface area contributed by atoms with Crippen LogP contribution in [0.15, 0.2) is 27.8 Å². The molecule has 88 valence electrons. The van der Waals surface area contributed by atoms with Crippen LogP contribution in [0.1, 0.15) is 26.3 Å². The Hall–Kier alpha value is -1.23. The van der Waals surface area contributed by atoms with E-state index in [9.17, 15) is 0 Å². The van der Waals surface area contributed by atoms with Gasteiger partial charge < -0.3 is 15.7 Å². The lowest BCUT2D eigenvalue weighted by Crippen LogP contribution is -2.25. The maximum Gasteiger partial charge on any atom is 0.173 e. The van der Waals surface area contributed by atoms with E-state index in [1.165, 1.54) is 0 Å². The SMILES string of the molecule is CC(C)(C)Oc1cc(Br)ccc1/C(N)=N/O. The largest absolute Gasteiger partial charge is 0.487 e. The lowest BCUT2D eigenvalue weighted by Gasteiger charge is -2.23. The van der Waals surface area contributed by atoms with Gasteiger partial charge in [-0.05, 0) is 39.0 Å². The van der Waals surface area contributed by atoms with Gasteiger partial charge in [0.05, 0.1) is 5.56 Å². The number of nitrogens with two attached hydrogens (primary N) is 1. The third-order valence-corrected chi connectivity index (χ3v) is 2.24. The van der Waals surface area contributed by atoms with Gasteiger partial charge in [0.1, 0.15) is 11.4 Å². The first-order valence-corrected chi connectivity index (χ1v) is 5.59. The molecular formula is C11H15BrN2O2. The Morgan fingerprint density at radius 2 is 2.06 bits per heavy atom. The van der Waals surface area contributed by atoms with Crippen LogP contribution in [-0.4, -0.2) is 16.6 Å². The lowest BCUT2D eigenvalue weighted by molar-refractivity contribution is 0.130. The minimum Gasteiger partial charge on any atom is -0.487 e. The number of hydrogen-bond acceptors (Lipinski definition) is 3. The van der Waals surface area contributed by atoms with Crippen LogP contribution >= 0.6 is 15.9 Å². The van der Waals surface area contributed by atoms with Gasteiger partial charge in [-0.1, -0.05) is 21.1 Å². The van der Waals surface area contributed by atoms with E-state index in [2.05, 4.69) is 21.1 Å². The second-order valence-corrected chi connectivity index (χ2v) is 5.26. The van der Waals surface area contributed by atoms with E-state index in [4.69, 9.17) is 15.7 Å². The highest BCUT2D eigenvalue weighted by molar-refractivity contribution is 9.10. The molecule has 0 saturated carbocycles. The quantitative estimate of drug-likeness (QED) is 0.380. The number of benzene rings is 1. The molecule has 0 atom stereocenters. The van der Waals surface area contributed by atoms with Crippen molar-refractivity contribution in [1.29, 1.82) is 0 Å². The van der Waals surface area contributed by atoms with Crippen molar-refractivity contribution in [3.63, 3.8) is 0 Å². The molecule has 0 aliphatic carbocycles. The Bertz CT molecular complexity index is 411. The topological polar surface area (TPSA) is 67.8 Å². The van der Waals surface area contributed by atoms with Gasteiger partial charge in [0.25, 0.3) is 0 Å². The van der Waals surface area contributed by atoms with E-state index in [1.807, 2.05) is 26.8 Å². The Balaban J connectivity index is 3.19. The molecule has 0 aliphatic heterocycles.